The molecule has 0 saturated carbocycles. The number of halogens is 1. The van der Waals surface area contributed by atoms with Gasteiger partial charge in [0.2, 0.25) is 0 Å². The molecule has 0 aliphatic rings. The zero-order valence-corrected chi connectivity index (χ0v) is 11.0. The molecule has 2 rings (SSSR count). The van der Waals surface area contributed by atoms with E-state index in [4.69, 9.17) is 16.3 Å². The molecule has 0 aliphatic heterocycles. The fraction of sp³-hybridized carbons (Fsp3) is 0.133. The molecule has 0 aliphatic carbocycles. The summed E-state index contributed by atoms with van der Waals surface area (Å²) in [6, 6.07) is 13.1. The number of carbonyl (C=O) groups is 1. The summed E-state index contributed by atoms with van der Waals surface area (Å²) in [4.78, 5) is 11.4. The van der Waals surface area contributed by atoms with E-state index >= 15 is 0 Å². The van der Waals surface area contributed by atoms with Crippen molar-refractivity contribution in [1.29, 1.82) is 0 Å². The van der Waals surface area contributed by atoms with Crippen molar-refractivity contribution in [1.82, 2.24) is 0 Å². The van der Waals surface area contributed by atoms with Crippen LogP contribution in [0.4, 0.5) is 0 Å². The Labute approximate surface area is 111 Å². The predicted molar refractivity (Wildman–Crippen MR) is 73.0 cm³/mol. The average molecular weight is 261 g/mol. The van der Waals surface area contributed by atoms with Crippen molar-refractivity contribution in [3.05, 3.63) is 58.6 Å². The van der Waals surface area contributed by atoms with Crippen molar-refractivity contribution in [2.24, 2.45) is 0 Å². The van der Waals surface area contributed by atoms with E-state index in [0.29, 0.717) is 10.6 Å². The lowest BCUT2D eigenvalue weighted by molar-refractivity contribution is 0.0600. The van der Waals surface area contributed by atoms with Gasteiger partial charge >= 0.3 is 5.97 Å². The molecular weight excluding hydrogens is 248 g/mol. The van der Waals surface area contributed by atoms with Gasteiger partial charge in [-0.1, -0.05) is 29.8 Å². The molecule has 2 aromatic rings. The number of carbonyl (C=O) groups excluding carboxylic acids is 1. The van der Waals surface area contributed by atoms with Gasteiger partial charge in [0, 0.05) is 5.02 Å². The summed E-state index contributed by atoms with van der Waals surface area (Å²) in [5.74, 6) is -0.319. The maximum absolute atomic E-state index is 11.4. The Hall–Kier alpha value is -1.80. The monoisotopic (exact) mass is 260 g/mol. The molecule has 0 unspecified atom stereocenters. The van der Waals surface area contributed by atoms with E-state index in [0.717, 1.165) is 16.7 Å². The van der Waals surface area contributed by atoms with Crippen LogP contribution in [-0.2, 0) is 4.74 Å². The zero-order chi connectivity index (χ0) is 13.1. The third-order valence-corrected chi connectivity index (χ3v) is 3.05. The maximum atomic E-state index is 11.4. The van der Waals surface area contributed by atoms with Gasteiger partial charge in [0.05, 0.1) is 12.7 Å². The molecule has 0 amide bonds. The minimum atomic E-state index is -0.319. The van der Waals surface area contributed by atoms with Crippen molar-refractivity contribution in [3.8, 4) is 11.1 Å². The lowest BCUT2D eigenvalue weighted by atomic mass is 9.98. The minimum Gasteiger partial charge on any atom is -0.465 e. The molecule has 0 saturated heterocycles. The molecule has 0 fully saturated rings. The third kappa shape index (κ3) is 2.54. The van der Waals surface area contributed by atoms with Crippen LogP contribution in [0.1, 0.15) is 15.9 Å². The van der Waals surface area contributed by atoms with Crippen LogP contribution in [0.25, 0.3) is 11.1 Å². The standard InChI is InChI=1S/C15H13ClO2/c1-10-9-12(15(17)18-2)5-8-14(10)11-3-6-13(16)7-4-11/h3-9H,1-2H3. The molecule has 2 aromatic carbocycles. The van der Waals surface area contributed by atoms with Gasteiger partial charge in [0.1, 0.15) is 0 Å². The van der Waals surface area contributed by atoms with Gasteiger partial charge in [0.25, 0.3) is 0 Å². The molecule has 2 nitrogen and oxygen atoms in total. The summed E-state index contributed by atoms with van der Waals surface area (Å²) < 4.78 is 4.70. The van der Waals surface area contributed by atoms with Crippen molar-refractivity contribution in [2.75, 3.05) is 7.11 Å². The topological polar surface area (TPSA) is 26.3 Å². The number of hydrogen-bond acceptors (Lipinski definition) is 2. The van der Waals surface area contributed by atoms with E-state index in [9.17, 15) is 4.79 Å². The highest BCUT2D eigenvalue weighted by molar-refractivity contribution is 6.30. The summed E-state index contributed by atoms with van der Waals surface area (Å²) in [7, 11) is 1.38. The molecule has 0 aromatic heterocycles. The number of methoxy groups -OCH3 is 1. The lowest BCUT2D eigenvalue weighted by Gasteiger charge is -2.08. The zero-order valence-electron chi connectivity index (χ0n) is 10.2. The molecule has 18 heavy (non-hydrogen) atoms. The smallest absolute Gasteiger partial charge is 0.337 e. The Morgan fingerprint density at radius 1 is 1.11 bits per heavy atom. The number of ether oxygens (including phenoxy) is 1. The van der Waals surface area contributed by atoms with Gasteiger partial charge < -0.3 is 4.74 Å². The Bertz CT molecular complexity index is 574. The second-order valence-electron chi connectivity index (χ2n) is 4.03. The number of rotatable bonds is 2. The predicted octanol–water partition coefficient (Wildman–Crippen LogP) is 4.10. The van der Waals surface area contributed by atoms with Crippen LogP contribution >= 0.6 is 11.6 Å². The molecule has 3 heteroatoms. The first kappa shape index (κ1) is 12.7. The first-order valence-electron chi connectivity index (χ1n) is 5.56. The van der Waals surface area contributed by atoms with E-state index in [1.165, 1.54) is 7.11 Å². The minimum absolute atomic E-state index is 0.319. The number of esters is 1. The van der Waals surface area contributed by atoms with Crippen LogP contribution < -0.4 is 0 Å². The Kier molecular flexibility index (Phi) is 3.68. The number of aryl methyl sites for hydroxylation is 1. The summed E-state index contributed by atoms with van der Waals surface area (Å²) in [6.07, 6.45) is 0. The van der Waals surface area contributed by atoms with E-state index in [1.54, 1.807) is 6.07 Å². The molecule has 0 heterocycles. The molecule has 0 radical (unpaired) electrons. The molecule has 0 spiro atoms. The highest BCUT2D eigenvalue weighted by atomic mass is 35.5. The van der Waals surface area contributed by atoms with Gasteiger partial charge in [-0.05, 0) is 47.9 Å². The van der Waals surface area contributed by atoms with E-state index in [1.807, 2.05) is 43.3 Å². The normalized spacial score (nSPS) is 10.2. The summed E-state index contributed by atoms with van der Waals surface area (Å²) >= 11 is 5.86. The molecule has 0 atom stereocenters. The van der Waals surface area contributed by atoms with Crippen LogP contribution in [-0.4, -0.2) is 13.1 Å². The van der Waals surface area contributed by atoms with Gasteiger partial charge in [-0.3, -0.25) is 0 Å². The fourth-order valence-electron chi connectivity index (χ4n) is 1.86. The second-order valence-corrected chi connectivity index (χ2v) is 4.46. The van der Waals surface area contributed by atoms with E-state index in [-0.39, 0.29) is 5.97 Å². The van der Waals surface area contributed by atoms with Crippen molar-refractivity contribution < 1.29 is 9.53 Å². The maximum Gasteiger partial charge on any atom is 0.337 e. The van der Waals surface area contributed by atoms with E-state index in [2.05, 4.69) is 0 Å². The molecule has 0 N–H and O–H groups in total. The van der Waals surface area contributed by atoms with Crippen molar-refractivity contribution in [3.63, 3.8) is 0 Å². The molecule has 92 valence electrons. The fourth-order valence-corrected chi connectivity index (χ4v) is 1.99. The highest BCUT2D eigenvalue weighted by Crippen LogP contribution is 2.25. The third-order valence-electron chi connectivity index (χ3n) is 2.80. The van der Waals surface area contributed by atoms with Crippen LogP contribution in [0.2, 0.25) is 5.02 Å². The Morgan fingerprint density at radius 3 is 2.33 bits per heavy atom. The number of benzene rings is 2. The van der Waals surface area contributed by atoms with Gasteiger partial charge in [0.15, 0.2) is 0 Å². The van der Waals surface area contributed by atoms with Crippen LogP contribution in [0.5, 0.6) is 0 Å². The van der Waals surface area contributed by atoms with Gasteiger partial charge in [-0.25, -0.2) is 4.79 Å². The summed E-state index contributed by atoms with van der Waals surface area (Å²) in [6.45, 7) is 1.97. The largest absolute Gasteiger partial charge is 0.465 e. The van der Waals surface area contributed by atoms with Gasteiger partial charge in [-0.2, -0.15) is 0 Å². The van der Waals surface area contributed by atoms with Gasteiger partial charge in [-0.15, -0.1) is 0 Å². The first-order valence-corrected chi connectivity index (χ1v) is 5.94. The molecule has 0 bridgehead atoms. The number of hydrogen-bond donors (Lipinski definition) is 0. The first-order chi connectivity index (χ1) is 8.61. The summed E-state index contributed by atoms with van der Waals surface area (Å²) in [5.41, 5.74) is 3.75. The van der Waals surface area contributed by atoms with Crippen LogP contribution in [0.3, 0.4) is 0 Å². The summed E-state index contributed by atoms with van der Waals surface area (Å²) in [5, 5.41) is 0.711. The Balaban J connectivity index is 2.41. The van der Waals surface area contributed by atoms with E-state index < -0.39 is 0 Å². The van der Waals surface area contributed by atoms with Crippen LogP contribution in [0.15, 0.2) is 42.5 Å². The van der Waals surface area contributed by atoms with Crippen LogP contribution in [0, 0.1) is 6.92 Å². The Morgan fingerprint density at radius 2 is 1.78 bits per heavy atom. The highest BCUT2D eigenvalue weighted by Gasteiger charge is 2.08. The van der Waals surface area contributed by atoms with Crippen molar-refractivity contribution in [2.45, 2.75) is 6.92 Å². The lowest BCUT2D eigenvalue weighted by Crippen LogP contribution is -2.01. The SMILES string of the molecule is COC(=O)c1ccc(-c2ccc(Cl)cc2)c(C)c1. The van der Waals surface area contributed by atoms with Crippen molar-refractivity contribution >= 4 is 17.6 Å². The average Bonchev–Trinajstić information content (AvgIpc) is 2.39. The second kappa shape index (κ2) is 5.23. The quantitative estimate of drug-likeness (QED) is 0.760. The molecular formula is C15H13ClO2.